The Hall–Kier alpha value is -7.20. The highest BCUT2D eigenvalue weighted by Crippen LogP contribution is 2.46. The van der Waals surface area contributed by atoms with Crippen molar-refractivity contribution in [1.82, 2.24) is 9.13 Å². The molecule has 0 saturated heterocycles. The van der Waals surface area contributed by atoms with Crippen LogP contribution in [0.4, 0.5) is 0 Å². The van der Waals surface area contributed by atoms with Gasteiger partial charge in [0.15, 0.2) is 8.07 Å². The summed E-state index contributed by atoms with van der Waals surface area (Å²) in [6.45, 7) is 9.80. The molecular formula is C62H52N2Si. The van der Waals surface area contributed by atoms with Crippen LogP contribution in [-0.4, -0.2) is 17.2 Å². The molecule has 2 aromatic heterocycles. The van der Waals surface area contributed by atoms with Crippen molar-refractivity contribution in [1.29, 1.82) is 0 Å². The minimum Gasteiger partial charge on any atom is -0.309 e. The number of aromatic nitrogens is 2. The first kappa shape index (κ1) is 39.4. The molecule has 0 unspecified atom stereocenters. The molecular weight excluding hydrogens is 801 g/mol. The summed E-state index contributed by atoms with van der Waals surface area (Å²) in [7, 11) is -3.00. The molecule has 12 rings (SSSR count). The van der Waals surface area contributed by atoms with Gasteiger partial charge in [-0.15, -0.1) is 0 Å². The van der Waals surface area contributed by atoms with E-state index in [0.29, 0.717) is 0 Å². The van der Waals surface area contributed by atoms with Crippen LogP contribution in [0.5, 0.6) is 0 Å². The predicted octanol–water partition coefficient (Wildman–Crippen LogP) is 13.3. The zero-order valence-corrected chi connectivity index (χ0v) is 38.6. The summed E-state index contributed by atoms with van der Waals surface area (Å²) in [6, 6.07) is 82.5. The lowest BCUT2D eigenvalue weighted by molar-refractivity contribution is 0.332. The number of hydrogen-bond donors (Lipinski definition) is 0. The van der Waals surface area contributed by atoms with Gasteiger partial charge in [0.05, 0.1) is 22.1 Å². The molecule has 1 aliphatic rings. The normalized spacial score (nSPS) is 14.6. The molecule has 65 heavy (non-hydrogen) atoms. The summed E-state index contributed by atoms with van der Waals surface area (Å²) in [6.07, 6.45) is 2.37. The summed E-state index contributed by atoms with van der Waals surface area (Å²) in [4.78, 5) is 0. The van der Waals surface area contributed by atoms with Gasteiger partial charge in [-0.05, 0) is 115 Å². The quantitative estimate of drug-likeness (QED) is 0.112. The molecule has 0 amide bonds. The lowest BCUT2D eigenvalue weighted by Gasteiger charge is -2.43. The smallest absolute Gasteiger partial charge is 0.180 e. The van der Waals surface area contributed by atoms with Crippen LogP contribution >= 0.6 is 0 Å². The van der Waals surface area contributed by atoms with E-state index in [0.717, 1.165) is 11.4 Å². The van der Waals surface area contributed by atoms with Crippen LogP contribution in [0.25, 0.3) is 66.1 Å². The lowest BCUT2D eigenvalue weighted by atomic mass is 9.63. The first-order valence-corrected chi connectivity index (χ1v) is 25.2. The molecule has 314 valence electrons. The Morgan fingerprint density at radius 1 is 0.354 bits per heavy atom. The monoisotopic (exact) mass is 852 g/mol. The fourth-order valence-corrected chi connectivity index (χ4v) is 16.6. The molecule has 11 aromatic rings. The Labute approximate surface area is 383 Å². The van der Waals surface area contributed by atoms with Crippen molar-refractivity contribution in [3.05, 3.63) is 230 Å². The molecule has 0 bridgehead atoms. The number of para-hydroxylation sites is 2. The van der Waals surface area contributed by atoms with Gasteiger partial charge in [0.2, 0.25) is 0 Å². The zero-order valence-electron chi connectivity index (χ0n) is 37.6. The number of benzene rings is 9. The van der Waals surface area contributed by atoms with Crippen molar-refractivity contribution in [2.24, 2.45) is 0 Å². The number of rotatable bonds is 7. The van der Waals surface area contributed by atoms with Gasteiger partial charge < -0.3 is 9.13 Å². The first-order chi connectivity index (χ1) is 31.7. The second-order valence-electron chi connectivity index (χ2n) is 19.5. The van der Waals surface area contributed by atoms with Crippen molar-refractivity contribution >= 4 is 72.4 Å². The van der Waals surface area contributed by atoms with Crippen molar-refractivity contribution in [2.45, 2.75) is 51.4 Å². The largest absolute Gasteiger partial charge is 0.309 e. The first-order valence-electron chi connectivity index (χ1n) is 23.2. The second-order valence-corrected chi connectivity index (χ2v) is 23.3. The highest BCUT2D eigenvalue weighted by atomic mass is 28.3. The van der Waals surface area contributed by atoms with Crippen molar-refractivity contribution in [3.8, 4) is 22.5 Å². The fourth-order valence-electron chi connectivity index (χ4n) is 11.6. The van der Waals surface area contributed by atoms with Crippen LogP contribution in [0.2, 0.25) is 0 Å². The molecule has 1 aliphatic carbocycles. The molecule has 0 spiro atoms. The third-order valence-electron chi connectivity index (χ3n) is 14.9. The van der Waals surface area contributed by atoms with Gasteiger partial charge >= 0.3 is 0 Å². The molecule has 0 fully saturated rings. The Kier molecular flexibility index (Phi) is 9.05. The maximum absolute atomic E-state index is 3.00. The molecule has 2 heterocycles. The summed E-state index contributed by atoms with van der Waals surface area (Å²) < 4.78 is 4.97. The molecule has 3 heteroatoms. The van der Waals surface area contributed by atoms with Crippen LogP contribution in [-0.2, 0) is 10.8 Å². The van der Waals surface area contributed by atoms with Gasteiger partial charge in [-0.1, -0.05) is 198 Å². The van der Waals surface area contributed by atoms with Gasteiger partial charge in [0.1, 0.15) is 0 Å². The third kappa shape index (κ3) is 6.06. The molecule has 0 saturated carbocycles. The molecule has 0 N–H and O–H groups in total. The van der Waals surface area contributed by atoms with Gasteiger partial charge in [-0.3, -0.25) is 0 Å². The van der Waals surface area contributed by atoms with Gasteiger partial charge in [0.25, 0.3) is 0 Å². The second kappa shape index (κ2) is 14.9. The topological polar surface area (TPSA) is 9.86 Å². The third-order valence-corrected chi connectivity index (χ3v) is 19.7. The highest BCUT2D eigenvalue weighted by molar-refractivity contribution is 7.20. The standard InChI is InChI=1S/C62H52N2Si/c1-61(2)38-39-62(3,4)54-42-49(35-36-53(54)61)65(47-24-10-6-11-25-47,48-26-12-7-13-27-48)59-33-19-32-58-60(59)51-29-15-17-31-56(51)64(58)46-34-37-57-52(41-46)50-28-14-16-30-55(50)63(57)45-23-18-22-44(40-45)43-20-8-5-9-21-43/h5-37,40-42H,38-39H2,1-4H3. The Morgan fingerprint density at radius 3 is 1.58 bits per heavy atom. The minimum atomic E-state index is -3.00. The van der Waals surface area contributed by atoms with Crippen LogP contribution < -0.4 is 20.7 Å². The van der Waals surface area contributed by atoms with E-state index in [4.69, 9.17) is 0 Å². The Bertz CT molecular complexity index is 3550. The molecule has 0 radical (unpaired) electrons. The summed E-state index contributed by atoms with van der Waals surface area (Å²) in [5.74, 6) is 0. The lowest BCUT2D eigenvalue weighted by Crippen LogP contribution is -2.75. The molecule has 9 aromatic carbocycles. The van der Waals surface area contributed by atoms with E-state index >= 15 is 0 Å². The van der Waals surface area contributed by atoms with E-state index < -0.39 is 8.07 Å². The average molecular weight is 853 g/mol. The van der Waals surface area contributed by atoms with Crippen LogP contribution in [0.1, 0.15) is 51.7 Å². The van der Waals surface area contributed by atoms with Crippen molar-refractivity contribution in [2.75, 3.05) is 0 Å². The number of fused-ring (bicyclic) bond motifs is 7. The molecule has 2 nitrogen and oxygen atoms in total. The van der Waals surface area contributed by atoms with Crippen molar-refractivity contribution < 1.29 is 0 Å². The molecule has 0 atom stereocenters. The van der Waals surface area contributed by atoms with E-state index in [9.17, 15) is 0 Å². The maximum atomic E-state index is 2.65. The van der Waals surface area contributed by atoms with E-state index in [-0.39, 0.29) is 10.8 Å². The van der Waals surface area contributed by atoms with Gasteiger partial charge in [0, 0.05) is 32.9 Å². The van der Waals surface area contributed by atoms with Crippen LogP contribution in [0, 0.1) is 0 Å². The zero-order chi connectivity index (χ0) is 43.9. The summed E-state index contributed by atoms with van der Waals surface area (Å²) >= 11 is 0. The number of nitrogens with zero attached hydrogens (tertiary/aromatic N) is 2. The van der Waals surface area contributed by atoms with Gasteiger partial charge in [-0.25, -0.2) is 0 Å². The van der Waals surface area contributed by atoms with E-state index in [1.165, 1.54) is 99.5 Å². The average Bonchev–Trinajstić information content (AvgIpc) is 3.87. The van der Waals surface area contributed by atoms with Gasteiger partial charge in [-0.2, -0.15) is 0 Å². The summed E-state index contributed by atoms with van der Waals surface area (Å²) in [5.41, 5.74) is 12.8. The summed E-state index contributed by atoms with van der Waals surface area (Å²) in [5, 5.41) is 10.8. The van der Waals surface area contributed by atoms with Crippen LogP contribution in [0.3, 0.4) is 0 Å². The Morgan fingerprint density at radius 2 is 0.877 bits per heavy atom. The van der Waals surface area contributed by atoms with E-state index in [1.54, 1.807) is 0 Å². The predicted molar refractivity (Wildman–Crippen MR) is 279 cm³/mol. The van der Waals surface area contributed by atoms with Crippen LogP contribution in [0.15, 0.2) is 218 Å². The number of hydrogen-bond acceptors (Lipinski definition) is 0. The fraction of sp³-hybridized carbons (Fsp3) is 0.129. The Balaban J connectivity index is 1.14. The minimum absolute atomic E-state index is 0.0723. The molecule has 0 aliphatic heterocycles. The van der Waals surface area contributed by atoms with Crippen molar-refractivity contribution in [3.63, 3.8) is 0 Å². The van der Waals surface area contributed by atoms with E-state index in [1.807, 2.05) is 0 Å². The highest BCUT2D eigenvalue weighted by Gasteiger charge is 2.45. The van der Waals surface area contributed by atoms with E-state index in [2.05, 4.69) is 255 Å². The maximum Gasteiger partial charge on any atom is 0.180 e. The SMILES string of the molecule is CC1(C)CCC(C)(C)c2cc([Si](c3ccccc3)(c3ccccc3)c3cccc4c3c3ccccc3n4-c3ccc4c(c3)c3ccccc3n4-c3cccc(-c4ccccc4)c3)ccc21.